The van der Waals surface area contributed by atoms with Crippen molar-refractivity contribution in [2.45, 2.75) is 46.3 Å². The van der Waals surface area contributed by atoms with Crippen LogP contribution >= 0.6 is 0 Å². The van der Waals surface area contributed by atoms with Gasteiger partial charge in [0, 0.05) is 18.2 Å². The molecule has 6 heteroatoms. The summed E-state index contributed by atoms with van der Waals surface area (Å²) in [4.78, 5) is 31.3. The highest BCUT2D eigenvalue weighted by molar-refractivity contribution is 5.94. The molecule has 0 bridgehead atoms. The number of carbonyl (C=O) groups excluding carboxylic acids is 2. The first-order valence-electron chi connectivity index (χ1n) is 9.59. The smallest absolute Gasteiger partial charge is 0.247 e. The Morgan fingerprint density at radius 1 is 1.07 bits per heavy atom. The number of amides is 2. The summed E-state index contributed by atoms with van der Waals surface area (Å²) in [6.45, 7) is 6.26. The van der Waals surface area contributed by atoms with Crippen molar-refractivity contribution in [3.63, 3.8) is 0 Å². The minimum absolute atomic E-state index is 0.0209. The Labute approximate surface area is 165 Å². The quantitative estimate of drug-likeness (QED) is 0.684. The fourth-order valence-corrected chi connectivity index (χ4v) is 3.27. The number of nitrogens with zero attached hydrogens (tertiary/aromatic N) is 3. The van der Waals surface area contributed by atoms with Gasteiger partial charge in [-0.05, 0) is 38.1 Å². The van der Waals surface area contributed by atoms with Gasteiger partial charge in [-0.15, -0.1) is 0 Å². The molecule has 0 atom stereocenters. The molecule has 0 aliphatic heterocycles. The molecule has 146 valence electrons. The van der Waals surface area contributed by atoms with Gasteiger partial charge in [-0.3, -0.25) is 9.59 Å². The van der Waals surface area contributed by atoms with Crippen molar-refractivity contribution < 1.29 is 9.59 Å². The van der Waals surface area contributed by atoms with Crippen LogP contribution in [-0.4, -0.2) is 27.4 Å². The highest BCUT2D eigenvalue weighted by Gasteiger charge is 2.22. The Morgan fingerprint density at radius 2 is 1.75 bits per heavy atom. The molecule has 0 fully saturated rings. The second-order valence-corrected chi connectivity index (χ2v) is 6.93. The number of para-hydroxylation sites is 3. The lowest BCUT2D eigenvalue weighted by Crippen LogP contribution is -2.39. The molecule has 0 radical (unpaired) electrons. The third kappa shape index (κ3) is 4.22. The van der Waals surface area contributed by atoms with Crippen molar-refractivity contribution in [2.75, 3.05) is 4.90 Å². The summed E-state index contributed by atoms with van der Waals surface area (Å²) in [6, 6.07) is 17.4. The van der Waals surface area contributed by atoms with Crippen LogP contribution < -0.4 is 10.2 Å². The number of hydrogen-bond donors (Lipinski definition) is 1. The topological polar surface area (TPSA) is 67.2 Å². The number of rotatable bonds is 7. The number of carbonyl (C=O) groups is 2. The van der Waals surface area contributed by atoms with E-state index < -0.39 is 0 Å². The van der Waals surface area contributed by atoms with Gasteiger partial charge in [0.25, 0.3) is 0 Å². The predicted octanol–water partition coefficient (Wildman–Crippen LogP) is 3.50. The van der Waals surface area contributed by atoms with Crippen molar-refractivity contribution in [2.24, 2.45) is 0 Å². The van der Waals surface area contributed by atoms with E-state index in [0.29, 0.717) is 18.8 Å². The zero-order chi connectivity index (χ0) is 20.1. The van der Waals surface area contributed by atoms with Gasteiger partial charge in [-0.25, -0.2) is 4.98 Å². The van der Waals surface area contributed by atoms with E-state index in [4.69, 9.17) is 0 Å². The lowest BCUT2D eigenvalue weighted by molar-refractivity contribution is -0.121. The molecule has 1 N–H and O–H groups in total. The van der Waals surface area contributed by atoms with E-state index in [-0.39, 0.29) is 24.4 Å². The summed E-state index contributed by atoms with van der Waals surface area (Å²) in [5.74, 6) is 0.610. The van der Waals surface area contributed by atoms with E-state index in [1.54, 1.807) is 4.90 Å². The van der Waals surface area contributed by atoms with Gasteiger partial charge in [0.2, 0.25) is 11.8 Å². The minimum atomic E-state index is -0.0435. The molecular weight excluding hydrogens is 352 g/mol. The molecule has 2 amide bonds. The number of nitrogens with one attached hydrogen (secondary N) is 1. The number of aromatic nitrogens is 2. The highest BCUT2D eigenvalue weighted by Crippen LogP contribution is 2.20. The maximum Gasteiger partial charge on any atom is 0.247 e. The van der Waals surface area contributed by atoms with Crippen LogP contribution in [-0.2, 0) is 22.7 Å². The van der Waals surface area contributed by atoms with Crippen LogP contribution in [0.15, 0.2) is 54.6 Å². The molecular formula is C22H26N4O2. The average Bonchev–Trinajstić information content (AvgIpc) is 3.04. The SMILES string of the molecule is CCC(=O)NCc1nc2ccccc2n1CC(=O)N(c1ccccc1)C(C)C. The first-order chi connectivity index (χ1) is 13.5. The van der Waals surface area contributed by atoms with Gasteiger partial charge >= 0.3 is 0 Å². The third-order valence-corrected chi connectivity index (χ3v) is 4.61. The molecule has 1 heterocycles. The van der Waals surface area contributed by atoms with Gasteiger partial charge in [-0.2, -0.15) is 0 Å². The van der Waals surface area contributed by atoms with Crippen molar-refractivity contribution in [3.8, 4) is 0 Å². The second kappa shape index (κ2) is 8.69. The number of benzene rings is 2. The Morgan fingerprint density at radius 3 is 2.43 bits per heavy atom. The third-order valence-electron chi connectivity index (χ3n) is 4.61. The summed E-state index contributed by atoms with van der Waals surface area (Å²) in [5.41, 5.74) is 2.56. The Bertz CT molecular complexity index is 963. The molecule has 0 unspecified atom stereocenters. The summed E-state index contributed by atoms with van der Waals surface area (Å²) < 4.78 is 1.89. The molecule has 3 rings (SSSR count). The molecule has 3 aromatic rings. The van der Waals surface area contributed by atoms with E-state index >= 15 is 0 Å². The summed E-state index contributed by atoms with van der Waals surface area (Å²) in [5, 5.41) is 2.86. The Balaban J connectivity index is 1.93. The number of hydrogen-bond acceptors (Lipinski definition) is 3. The predicted molar refractivity (Wildman–Crippen MR) is 111 cm³/mol. The molecule has 28 heavy (non-hydrogen) atoms. The number of imidazole rings is 1. The summed E-state index contributed by atoms with van der Waals surface area (Å²) >= 11 is 0. The standard InChI is InChI=1S/C22H26N4O2/c1-4-21(27)23-14-20-24-18-12-8-9-13-19(18)25(20)15-22(28)26(16(2)3)17-10-6-5-7-11-17/h5-13,16H,4,14-15H2,1-3H3,(H,23,27). The van der Waals surface area contributed by atoms with Gasteiger partial charge in [-0.1, -0.05) is 37.3 Å². The monoisotopic (exact) mass is 378 g/mol. The minimum Gasteiger partial charge on any atom is -0.349 e. The van der Waals surface area contributed by atoms with Gasteiger partial charge in [0.1, 0.15) is 12.4 Å². The molecule has 0 aliphatic rings. The normalized spacial score (nSPS) is 11.0. The van der Waals surface area contributed by atoms with Gasteiger partial charge in [0.15, 0.2) is 0 Å². The van der Waals surface area contributed by atoms with Crippen LogP contribution in [0.1, 0.15) is 33.0 Å². The first kappa shape index (κ1) is 19.6. The van der Waals surface area contributed by atoms with Gasteiger partial charge < -0.3 is 14.8 Å². The van der Waals surface area contributed by atoms with E-state index in [1.165, 1.54) is 0 Å². The van der Waals surface area contributed by atoms with E-state index in [9.17, 15) is 9.59 Å². The molecule has 0 saturated carbocycles. The Hall–Kier alpha value is -3.15. The lowest BCUT2D eigenvalue weighted by Gasteiger charge is -2.27. The van der Waals surface area contributed by atoms with Crippen molar-refractivity contribution in [3.05, 3.63) is 60.4 Å². The zero-order valence-corrected chi connectivity index (χ0v) is 16.6. The van der Waals surface area contributed by atoms with Crippen LogP contribution in [0, 0.1) is 0 Å². The maximum absolute atomic E-state index is 13.2. The zero-order valence-electron chi connectivity index (χ0n) is 16.6. The van der Waals surface area contributed by atoms with Crippen molar-refractivity contribution in [1.29, 1.82) is 0 Å². The summed E-state index contributed by atoms with van der Waals surface area (Å²) in [6.07, 6.45) is 0.411. The van der Waals surface area contributed by atoms with E-state index in [2.05, 4.69) is 10.3 Å². The van der Waals surface area contributed by atoms with Crippen LogP contribution in [0.2, 0.25) is 0 Å². The molecule has 0 saturated heterocycles. The fraction of sp³-hybridized carbons (Fsp3) is 0.318. The van der Waals surface area contributed by atoms with Crippen LogP contribution in [0.4, 0.5) is 5.69 Å². The van der Waals surface area contributed by atoms with Crippen LogP contribution in [0.3, 0.4) is 0 Å². The first-order valence-corrected chi connectivity index (χ1v) is 9.59. The fourth-order valence-electron chi connectivity index (χ4n) is 3.27. The van der Waals surface area contributed by atoms with E-state index in [1.807, 2.05) is 79.9 Å². The van der Waals surface area contributed by atoms with Crippen LogP contribution in [0.25, 0.3) is 11.0 Å². The van der Waals surface area contributed by atoms with Crippen molar-refractivity contribution >= 4 is 28.5 Å². The van der Waals surface area contributed by atoms with Crippen LogP contribution in [0.5, 0.6) is 0 Å². The molecule has 2 aromatic carbocycles. The number of fused-ring (bicyclic) bond motifs is 1. The highest BCUT2D eigenvalue weighted by atomic mass is 16.2. The molecule has 0 aliphatic carbocycles. The lowest BCUT2D eigenvalue weighted by atomic mass is 10.2. The maximum atomic E-state index is 13.2. The Kier molecular flexibility index (Phi) is 6.09. The largest absolute Gasteiger partial charge is 0.349 e. The number of anilines is 1. The molecule has 1 aromatic heterocycles. The van der Waals surface area contributed by atoms with E-state index in [0.717, 1.165) is 16.7 Å². The molecule has 6 nitrogen and oxygen atoms in total. The summed E-state index contributed by atoms with van der Waals surface area (Å²) in [7, 11) is 0. The van der Waals surface area contributed by atoms with Gasteiger partial charge in [0.05, 0.1) is 17.6 Å². The second-order valence-electron chi connectivity index (χ2n) is 6.93. The molecule has 0 spiro atoms. The van der Waals surface area contributed by atoms with Crippen molar-refractivity contribution in [1.82, 2.24) is 14.9 Å². The average molecular weight is 378 g/mol.